The van der Waals surface area contributed by atoms with Gasteiger partial charge in [-0.05, 0) is 43.1 Å². The molecule has 1 unspecified atom stereocenters. The number of aryl methyl sites for hydroxylation is 2. The zero-order valence-electron chi connectivity index (χ0n) is 11.7. The van der Waals surface area contributed by atoms with Crippen molar-refractivity contribution in [3.05, 3.63) is 70.5 Å². The Labute approximate surface area is 114 Å². The second-order valence-electron chi connectivity index (χ2n) is 4.87. The molecule has 0 bridgehead atoms. The Morgan fingerprint density at radius 3 is 2.42 bits per heavy atom. The van der Waals surface area contributed by atoms with Gasteiger partial charge in [0.1, 0.15) is 5.82 Å². The Kier molecular flexibility index (Phi) is 4.33. The normalized spacial score (nSPS) is 12.4. The van der Waals surface area contributed by atoms with E-state index in [2.05, 4.69) is 24.4 Å². The fraction of sp³-hybridized carbons (Fsp3) is 0.294. The third-order valence-corrected chi connectivity index (χ3v) is 3.37. The van der Waals surface area contributed by atoms with Crippen LogP contribution >= 0.6 is 0 Å². The lowest BCUT2D eigenvalue weighted by Gasteiger charge is -2.21. The molecule has 100 valence electrons. The molecule has 1 N–H and O–H groups in total. The maximum absolute atomic E-state index is 14.2. The number of rotatable bonds is 4. The van der Waals surface area contributed by atoms with Gasteiger partial charge in [0, 0.05) is 5.56 Å². The van der Waals surface area contributed by atoms with E-state index in [4.69, 9.17) is 0 Å². The van der Waals surface area contributed by atoms with Crippen LogP contribution in [-0.4, -0.2) is 6.54 Å². The van der Waals surface area contributed by atoms with Crippen LogP contribution < -0.4 is 5.32 Å². The Morgan fingerprint density at radius 1 is 1.05 bits per heavy atom. The van der Waals surface area contributed by atoms with Crippen LogP contribution in [0.25, 0.3) is 0 Å². The highest BCUT2D eigenvalue weighted by Gasteiger charge is 2.18. The molecule has 0 aromatic heterocycles. The first-order valence-corrected chi connectivity index (χ1v) is 6.68. The number of nitrogens with one attached hydrogen (secondary N) is 1. The Morgan fingerprint density at radius 2 is 1.79 bits per heavy atom. The summed E-state index contributed by atoms with van der Waals surface area (Å²) in [6.45, 7) is 6.80. The van der Waals surface area contributed by atoms with Crippen molar-refractivity contribution in [1.82, 2.24) is 5.32 Å². The maximum atomic E-state index is 14.2. The van der Waals surface area contributed by atoms with Crippen molar-refractivity contribution < 1.29 is 4.39 Å². The molecule has 0 aliphatic carbocycles. The topological polar surface area (TPSA) is 12.0 Å². The maximum Gasteiger partial charge on any atom is 0.128 e. The van der Waals surface area contributed by atoms with Gasteiger partial charge in [0.25, 0.3) is 0 Å². The standard InChI is InChI=1S/C17H20FN/c1-4-19-17(14-8-6-5-7-13(14)3)15-10-9-12(2)11-16(15)18/h5-11,17,19H,4H2,1-3H3. The van der Waals surface area contributed by atoms with Crippen LogP contribution in [0.1, 0.15) is 35.2 Å². The second-order valence-corrected chi connectivity index (χ2v) is 4.87. The van der Waals surface area contributed by atoms with Crippen molar-refractivity contribution in [1.29, 1.82) is 0 Å². The van der Waals surface area contributed by atoms with Gasteiger partial charge in [-0.25, -0.2) is 4.39 Å². The molecular formula is C17H20FN. The first-order chi connectivity index (χ1) is 9.13. The minimum absolute atomic E-state index is 0.0909. The third kappa shape index (κ3) is 3.02. The van der Waals surface area contributed by atoms with Crippen LogP contribution in [0.3, 0.4) is 0 Å². The molecule has 1 nitrogen and oxygen atoms in total. The third-order valence-electron chi connectivity index (χ3n) is 3.37. The molecule has 0 radical (unpaired) electrons. The predicted octanol–water partition coefficient (Wildman–Crippen LogP) is 4.14. The fourth-order valence-corrected chi connectivity index (χ4v) is 2.37. The predicted molar refractivity (Wildman–Crippen MR) is 77.8 cm³/mol. The van der Waals surface area contributed by atoms with Crippen molar-refractivity contribution in [3.63, 3.8) is 0 Å². The molecule has 0 amide bonds. The molecule has 2 rings (SSSR count). The highest BCUT2D eigenvalue weighted by molar-refractivity contribution is 5.38. The van der Waals surface area contributed by atoms with E-state index in [9.17, 15) is 4.39 Å². The summed E-state index contributed by atoms with van der Waals surface area (Å²) >= 11 is 0. The molecule has 0 spiro atoms. The number of hydrogen-bond donors (Lipinski definition) is 1. The summed E-state index contributed by atoms with van der Waals surface area (Å²) in [5, 5.41) is 3.38. The van der Waals surface area contributed by atoms with Crippen molar-refractivity contribution in [2.24, 2.45) is 0 Å². The highest BCUT2D eigenvalue weighted by Crippen LogP contribution is 2.27. The molecule has 0 fully saturated rings. The summed E-state index contributed by atoms with van der Waals surface area (Å²) in [5.74, 6) is -0.144. The van der Waals surface area contributed by atoms with Crippen LogP contribution in [0.15, 0.2) is 42.5 Å². The summed E-state index contributed by atoms with van der Waals surface area (Å²) in [6.07, 6.45) is 0. The summed E-state index contributed by atoms with van der Waals surface area (Å²) in [6, 6.07) is 13.5. The monoisotopic (exact) mass is 257 g/mol. The van der Waals surface area contributed by atoms with Gasteiger partial charge in [-0.15, -0.1) is 0 Å². The van der Waals surface area contributed by atoms with Gasteiger partial charge in [0.05, 0.1) is 6.04 Å². The zero-order chi connectivity index (χ0) is 13.8. The fourth-order valence-electron chi connectivity index (χ4n) is 2.37. The molecule has 0 heterocycles. The summed E-state index contributed by atoms with van der Waals surface area (Å²) in [5.41, 5.74) is 3.96. The number of hydrogen-bond acceptors (Lipinski definition) is 1. The molecule has 2 aromatic carbocycles. The van der Waals surface area contributed by atoms with E-state index < -0.39 is 0 Å². The van der Waals surface area contributed by atoms with Gasteiger partial charge in [-0.3, -0.25) is 0 Å². The second kappa shape index (κ2) is 5.98. The largest absolute Gasteiger partial charge is 0.306 e. The van der Waals surface area contributed by atoms with Crippen molar-refractivity contribution in [2.45, 2.75) is 26.8 Å². The smallest absolute Gasteiger partial charge is 0.128 e. The van der Waals surface area contributed by atoms with Crippen molar-refractivity contribution in [2.75, 3.05) is 6.54 Å². The lowest BCUT2D eigenvalue weighted by Crippen LogP contribution is -2.23. The van der Waals surface area contributed by atoms with E-state index in [1.807, 2.05) is 38.1 Å². The Balaban J connectivity index is 2.48. The Bertz CT molecular complexity index is 563. The van der Waals surface area contributed by atoms with Gasteiger partial charge < -0.3 is 5.32 Å². The van der Waals surface area contributed by atoms with Crippen LogP contribution in [0.5, 0.6) is 0 Å². The van der Waals surface area contributed by atoms with Gasteiger partial charge in [0.15, 0.2) is 0 Å². The van der Waals surface area contributed by atoms with Gasteiger partial charge in [0.2, 0.25) is 0 Å². The van der Waals surface area contributed by atoms with E-state index in [1.165, 1.54) is 5.56 Å². The van der Waals surface area contributed by atoms with E-state index in [-0.39, 0.29) is 11.9 Å². The van der Waals surface area contributed by atoms with E-state index in [0.29, 0.717) is 5.56 Å². The lowest BCUT2D eigenvalue weighted by atomic mass is 9.94. The average Bonchev–Trinajstić information content (AvgIpc) is 2.38. The first-order valence-electron chi connectivity index (χ1n) is 6.68. The Hall–Kier alpha value is -1.67. The minimum atomic E-state index is -0.144. The first kappa shape index (κ1) is 13.8. The van der Waals surface area contributed by atoms with Crippen LogP contribution in [0.4, 0.5) is 4.39 Å². The van der Waals surface area contributed by atoms with E-state index in [1.54, 1.807) is 6.07 Å². The molecule has 1 atom stereocenters. The summed E-state index contributed by atoms with van der Waals surface area (Å²) in [4.78, 5) is 0. The SMILES string of the molecule is CCNC(c1ccccc1C)c1ccc(C)cc1F. The molecule has 0 saturated heterocycles. The van der Waals surface area contributed by atoms with Crippen molar-refractivity contribution in [3.8, 4) is 0 Å². The zero-order valence-corrected chi connectivity index (χ0v) is 11.7. The van der Waals surface area contributed by atoms with Gasteiger partial charge >= 0.3 is 0 Å². The number of halogens is 1. The molecule has 0 aliphatic rings. The highest BCUT2D eigenvalue weighted by atomic mass is 19.1. The molecule has 0 aliphatic heterocycles. The van der Waals surface area contributed by atoms with Crippen LogP contribution in [0.2, 0.25) is 0 Å². The molecular weight excluding hydrogens is 237 g/mol. The molecule has 2 heteroatoms. The van der Waals surface area contributed by atoms with Crippen LogP contribution in [-0.2, 0) is 0 Å². The van der Waals surface area contributed by atoms with Gasteiger partial charge in [-0.1, -0.05) is 43.3 Å². The van der Waals surface area contributed by atoms with Crippen molar-refractivity contribution >= 4 is 0 Å². The number of benzene rings is 2. The summed E-state index contributed by atoms with van der Waals surface area (Å²) < 4.78 is 14.2. The molecule has 19 heavy (non-hydrogen) atoms. The van der Waals surface area contributed by atoms with Gasteiger partial charge in [-0.2, -0.15) is 0 Å². The summed E-state index contributed by atoms with van der Waals surface area (Å²) in [7, 11) is 0. The van der Waals surface area contributed by atoms with Crippen LogP contribution in [0, 0.1) is 19.7 Å². The lowest BCUT2D eigenvalue weighted by molar-refractivity contribution is 0.557. The molecule has 0 saturated carbocycles. The van der Waals surface area contributed by atoms with E-state index >= 15 is 0 Å². The quantitative estimate of drug-likeness (QED) is 0.868. The van der Waals surface area contributed by atoms with E-state index in [0.717, 1.165) is 17.7 Å². The average molecular weight is 257 g/mol. The molecule has 2 aromatic rings. The minimum Gasteiger partial charge on any atom is -0.306 e.